The fraction of sp³-hybridized carbons (Fsp3) is 0.409. The predicted molar refractivity (Wildman–Crippen MR) is 106 cm³/mol. The third-order valence-electron chi connectivity index (χ3n) is 5.96. The largest absolute Gasteiger partial charge is 0.464 e. The van der Waals surface area contributed by atoms with Gasteiger partial charge in [-0.1, -0.05) is 48.5 Å². The number of hydrogen-bond donors (Lipinski definition) is 4. The zero-order valence-corrected chi connectivity index (χ0v) is 16.5. The quantitative estimate of drug-likeness (QED) is 0.406. The second-order valence-electron chi connectivity index (χ2n) is 7.58. The molecule has 0 radical (unpaired) electrons. The van der Waals surface area contributed by atoms with Crippen molar-refractivity contribution in [2.45, 2.75) is 30.1 Å². The fourth-order valence-electron chi connectivity index (χ4n) is 4.33. The van der Waals surface area contributed by atoms with Crippen LogP contribution in [0.3, 0.4) is 0 Å². The molecule has 1 aliphatic carbocycles. The average Bonchev–Trinajstić information content (AvgIpc) is 3.09. The maximum absolute atomic E-state index is 12.9. The molecule has 0 amide bonds. The van der Waals surface area contributed by atoms with Crippen LogP contribution in [0.4, 0.5) is 0 Å². The van der Waals surface area contributed by atoms with E-state index in [1.54, 1.807) is 0 Å². The number of ether oxygens (including phenoxy) is 3. The van der Waals surface area contributed by atoms with E-state index in [2.05, 4.69) is 0 Å². The minimum absolute atomic E-state index is 0.0258. The van der Waals surface area contributed by atoms with E-state index in [0.29, 0.717) is 0 Å². The molecule has 1 fully saturated rings. The molecule has 5 N–H and O–H groups in total. The molecule has 2 aromatic carbocycles. The molecule has 1 heterocycles. The summed E-state index contributed by atoms with van der Waals surface area (Å²) in [6.07, 6.45) is -4.40. The van der Waals surface area contributed by atoms with Crippen molar-refractivity contribution in [2.75, 3.05) is 20.3 Å². The topological polar surface area (TPSA) is 131 Å². The Hall–Kier alpha value is -2.33. The third-order valence-corrected chi connectivity index (χ3v) is 5.96. The number of carbonyl (C=O) groups excluding carboxylic acids is 1. The van der Waals surface area contributed by atoms with Crippen molar-refractivity contribution in [2.24, 2.45) is 11.7 Å². The van der Waals surface area contributed by atoms with Gasteiger partial charge < -0.3 is 29.5 Å². The highest BCUT2D eigenvalue weighted by Crippen LogP contribution is 2.44. The zero-order chi connectivity index (χ0) is 21.5. The molecule has 0 saturated carbocycles. The van der Waals surface area contributed by atoms with E-state index in [9.17, 15) is 20.1 Å². The van der Waals surface area contributed by atoms with Crippen LogP contribution in [0.5, 0.6) is 0 Å². The first kappa shape index (κ1) is 20.9. The number of rotatable bonds is 5. The molecular formula is C22H25NO7. The molecular weight excluding hydrogens is 390 g/mol. The van der Waals surface area contributed by atoms with Gasteiger partial charge in [-0.3, -0.25) is 10.5 Å². The first-order chi connectivity index (χ1) is 14.4. The van der Waals surface area contributed by atoms with Gasteiger partial charge in [-0.05, 0) is 22.3 Å². The molecule has 1 saturated heterocycles. The third kappa shape index (κ3) is 3.31. The van der Waals surface area contributed by atoms with E-state index in [1.807, 2.05) is 48.5 Å². The summed E-state index contributed by atoms with van der Waals surface area (Å²) in [4.78, 5) is 12.9. The number of esters is 1. The predicted octanol–water partition coefficient (Wildman–Crippen LogP) is 0.330. The molecule has 2 aromatic rings. The highest BCUT2D eigenvalue weighted by Gasteiger charge is 2.56. The van der Waals surface area contributed by atoms with Crippen molar-refractivity contribution >= 4 is 5.97 Å². The van der Waals surface area contributed by atoms with Gasteiger partial charge >= 0.3 is 5.97 Å². The normalized spacial score (nSPS) is 30.6. The lowest BCUT2D eigenvalue weighted by Crippen LogP contribution is -2.69. The molecule has 2 aliphatic rings. The van der Waals surface area contributed by atoms with Gasteiger partial charge in [-0.2, -0.15) is 0 Å². The smallest absolute Gasteiger partial charge is 0.314 e. The molecule has 160 valence electrons. The van der Waals surface area contributed by atoms with Crippen LogP contribution in [0.25, 0.3) is 11.1 Å². The van der Waals surface area contributed by atoms with Crippen molar-refractivity contribution in [3.05, 3.63) is 59.7 Å². The maximum Gasteiger partial charge on any atom is 0.314 e. The summed E-state index contributed by atoms with van der Waals surface area (Å²) in [7, 11) is 1.20. The van der Waals surface area contributed by atoms with Crippen molar-refractivity contribution in [3.63, 3.8) is 0 Å². The zero-order valence-electron chi connectivity index (χ0n) is 16.5. The van der Waals surface area contributed by atoms with Gasteiger partial charge in [0, 0.05) is 13.0 Å². The highest BCUT2D eigenvalue weighted by atomic mass is 16.7. The fourth-order valence-corrected chi connectivity index (χ4v) is 4.33. The van der Waals surface area contributed by atoms with Gasteiger partial charge in [0.1, 0.15) is 24.7 Å². The van der Waals surface area contributed by atoms with Crippen molar-refractivity contribution in [1.82, 2.24) is 0 Å². The van der Waals surface area contributed by atoms with Gasteiger partial charge in [-0.25, -0.2) is 0 Å². The summed E-state index contributed by atoms with van der Waals surface area (Å²) < 4.78 is 15.8. The first-order valence-electron chi connectivity index (χ1n) is 9.75. The van der Waals surface area contributed by atoms with Gasteiger partial charge in [0.2, 0.25) is 0 Å². The van der Waals surface area contributed by atoms with Crippen LogP contribution >= 0.6 is 0 Å². The molecule has 5 atom stereocenters. The summed E-state index contributed by atoms with van der Waals surface area (Å²) in [6, 6.07) is 15.8. The summed E-state index contributed by atoms with van der Waals surface area (Å²) >= 11 is 0. The molecule has 0 spiro atoms. The number of methoxy groups -OCH3 is 1. The Morgan fingerprint density at radius 1 is 1.10 bits per heavy atom. The second-order valence-corrected chi connectivity index (χ2v) is 7.58. The number of aliphatic hydroxyl groups is 3. The van der Waals surface area contributed by atoms with Crippen LogP contribution in [-0.4, -0.2) is 65.8 Å². The van der Waals surface area contributed by atoms with E-state index < -0.39 is 42.7 Å². The summed E-state index contributed by atoms with van der Waals surface area (Å²) in [5.74, 6) is -4.50. The summed E-state index contributed by atoms with van der Waals surface area (Å²) in [5, 5.41) is 30.4. The van der Waals surface area contributed by atoms with Crippen LogP contribution in [0.15, 0.2) is 48.5 Å². The number of aliphatic hydroxyl groups excluding tert-OH is 3. The number of benzene rings is 2. The standard InChI is InChI=1S/C22H25NO7/c1-28-22(23)20(26)18(19(25)17(10-24)30-22)21(27)29-11-16-14-8-4-2-6-12(14)13-7-3-5-9-15(13)16/h2-9,16-20,24-26H,10-11,23H2,1H3/t17-,18+,19-,20-,22+/m1/s1. The molecule has 8 heteroatoms. The van der Waals surface area contributed by atoms with Crippen LogP contribution in [-0.2, 0) is 19.0 Å². The Kier molecular flexibility index (Phi) is 5.63. The molecule has 8 nitrogen and oxygen atoms in total. The Morgan fingerprint density at radius 3 is 2.20 bits per heavy atom. The van der Waals surface area contributed by atoms with E-state index >= 15 is 0 Å². The maximum atomic E-state index is 12.9. The minimum Gasteiger partial charge on any atom is -0.464 e. The molecule has 0 aromatic heterocycles. The van der Waals surface area contributed by atoms with Crippen molar-refractivity contribution in [3.8, 4) is 11.1 Å². The highest BCUT2D eigenvalue weighted by molar-refractivity contribution is 5.79. The van der Waals surface area contributed by atoms with E-state index in [1.165, 1.54) is 7.11 Å². The van der Waals surface area contributed by atoms with E-state index in [-0.39, 0.29) is 12.5 Å². The van der Waals surface area contributed by atoms with Crippen LogP contribution in [0, 0.1) is 5.92 Å². The lowest BCUT2D eigenvalue weighted by atomic mass is 9.87. The van der Waals surface area contributed by atoms with Gasteiger partial charge in [0.25, 0.3) is 5.91 Å². The Labute approximate surface area is 173 Å². The Morgan fingerprint density at radius 2 is 1.67 bits per heavy atom. The number of carbonyl (C=O) groups is 1. The molecule has 4 rings (SSSR count). The van der Waals surface area contributed by atoms with Crippen LogP contribution < -0.4 is 5.73 Å². The first-order valence-corrected chi connectivity index (χ1v) is 9.75. The van der Waals surface area contributed by atoms with Crippen LogP contribution in [0.2, 0.25) is 0 Å². The monoisotopic (exact) mass is 415 g/mol. The van der Waals surface area contributed by atoms with Gasteiger partial charge in [-0.15, -0.1) is 0 Å². The molecule has 1 aliphatic heterocycles. The lowest BCUT2D eigenvalue weighted by molar-refractivity contribution is -0.345. The van der Waals surface area contributed by atoms with Gasteiger partial charge in [0.15, 0.2) is 0 Å². The average molecular weight is 415 g/mol. The van der Waals surface area contributed by atoms with E-state index in [0.717, 1.165) is 22.3 Å². The van der Waals surface area contributed by atoms with Crippen LogP contribution in [0.1, 0.15) is 17.0 Å². The van der Waals surface area contributed by atoms with E-state index in [4.69, 9.17) is 19.9 Å². The number of fused-ring (bicyclic) bond motifs is 3. The summed E-state index contributed by atoms with van der Waals surface area (Å²) in [5.41, 5.74) is 10.1. The minimum atomic E-state index is -2.05. The summed E-state index contributed by atoms with van der Waals surface area (Å²) in [6.45, 7) is -0.582. The number of nitrogens with two attached hydrogens (primary N) is 1. The second kappa shape index (κ2) is 8.07. The lowest BCUT2D eigenvalue weighted by Gasteiger charge is -2.45. The molecule has 30 heavy (non-hydrogen) atoms. The number of hydrogen-bond acceptors (Lipinski definition) is 8. The Bertz CT molecular complexity index is 890. The molecule has 0 bridgehead atoms. The van der Waals surface area contributed by atoms with Crippen molar-refractivity contribution in [1.29, 1.82) is 0 Å². The SMILES string of the molecule is CO[C@]1(N)O[C@H](CO)[C@@H](O)[C@H](C(=O)OCC2c3ccccc3-c3ccccc32)[C@H]1O. The Balaban J connectivity index is 1.56. The van der Waals surface area contributed by atoms with Crippen molar-refractivity contribution < 1.29 is 34.3 Å². The molecule has 0 unspecified atom stereocenters. The van der Waals surface area contributed by atoms with Gasteiger partial charge in [0.05, 0.1) is 12.7 Å².